The van der Waals surface area contributed by atoms with Gasteiger partial charge in [-0.15, -0.1) is 0 Å². The van der Waals surface area contributed by atoms with Crippen molar-refractivity contribution in [2.24, 2.45) is 0 Å². The zero-order chi connectivity index (χ0) is 20.3. The van der Waals surface area contributed by atoms with E-state index in [1.807, 2.05) is 18.2 Å². The molecular weight excluding hydrogens is 421 g/mol. The van der Waals surface area contributed by atoms with Crippen molar-refractivity contribution < 1.29 is 19.0 Å². The van der Waals surface area contributed by atoms with Gasteiger partial charge in [0.25, 0.3) is 0 Å². The van der Waals surface area contributed by atoms with Crippen molar-refractivity contribution in [3.8, 4) is 5.75 Å². The van der Waals surface area contributed by atoms with Crippen molar-refractivity contribution >= 4 is 52.1 Å². The normalized spacial score (nSPS) is 18.6. The molecule has 0 fully saturated rings. The van der Waals surface area contributed by atoms with Crippen LogP contribution in [0.2, 0.25) is 10.0 Å². The van der Waals surface area contributed by atoms with Crippen LogP contribution in [0.25, 0.3) is 0 Å². The number of nitrogens with one attached hydrogen (secondary N) is 1. The molecule has 148 valence electrons. The summed E-state index contributed by atoms with van der Waals surface area (Å²) < 4.78 is 16.7. The molecule has 8 heteroatoms. The Hall–Kier alpha value is -1.86. The molecule has 0 unspecified atom stereocenters. The zero-order valence-electron chi connectivity index (χ0n) is 15.3. The van der Waals surface area contributed by atoms with E-state index >= 15 is 0 Å². The van der Waals surface area contributed by atoms with Gasteiger partial charge in [0.15, 0.2) is 0 Å². The summed E-state index contributed by atoms with van der Waals surface area (Å²) in [5.74, 6) is 0.129. The molecule has 0 bridgehead atoms. The largest absolute Gasteiger partial charge is 0.495 e. The number of thiocarbonyl (C=S) groups is 1. The summed E-state index contributed by atoms with van der Waals surface area (Å²) in [6.45, 7) is 2.03. The van der Waals surface area contributed by atoms with E-state index in [4.69, 9.17) is 49.6 Å². The molecule has 0 saturated heterocycles. The standard InChI is InChI=1S/C20H19Cl2NO4S/c1-3-26-17(24)10-16-20(28)23-14-8-7-11(21)9-13(14)19(27-16)12-5-4-6-15(25-2)18(12)22/h4-9,16,19H,3,10H2,1-2H3,(H,23,28)/t16-,19-/m1/s1. The average Bonchev–Trinajstić information content (AvgIpc) is 2.79. The van der Waals surface area contributed by atoms with Gasteiger partial charge in [-0.1, -0.05) is 47.6 Å². The molecule has 28 heavy (non-hydrogen) atoms. The van der Waals surface area contributed by atoms with E-state index in [-0.39, 0.29) is 13.0 Å². The third-order valence-corrected chi connectivity index (χ3v) is 5.30. The number of methoxy groups -OCH3 is 1. The predicted molar refractivity (Wildman–Crippen MR) is 114 cm³/mol. The Labute approximate surface area is 178 Å². The molecule has 1 aliphatic heterocycles. The van der Waals surface area contributed by atoms with Crippen LogP contribution in [0.15, 0.2) is 36.4 Å². The number of fused-ring (bicyclic) bond motifs is 1. The summed E-state index contributed by atoms with van der Waals surface area (Å²) in [5.41, 5.74) is 2.19. The van der Waals surface area contributed by atoms with Gasteiger partial charge in [0, 0.05) is 21.8 Å². The fourth-order valence-electron chi connectivity index (χ4n) is 3.02. The Kier molecular flexibility index (Phi) is 6.78. The fraction of sp³-hybridized carbons (Fsp3) is 0.300. The zero-order valence-corrected chi connectivity index (χ0v) is 17.7. The number of carbonyl (C=O) groups excluding carboxylic acids is 1. The van der Waals surface area contributed by atoms with Crippen molar-refractivity contribution in [1.82, 2.24) is 0 Å². The van der Waals surface area contributed by atoms with Crippen LogP contribution in [-0.2, 0) is 14.3 Å². The van der Waals surface area contributed by atoms with Gasteiger partial charge in [-0.2, -0.15) is 0 Å². The number of carbonyl (C=O) groups is 1. The number of rotatable bonds is 5. The number of hydrogen-bond donors (Lipinski definition) is 1. The van der Waals surface area contributed by atoms with Gasteiger partial charge in [0.2, 0.25) is 0 Å². The number of halogens is 2. The lowest BCUT2D eigenvalue weighted by molar-refractivity contribution is -0.145. The van der Waals surface area contributed by atoms with E-state index in [1.54, 1.807) is 32.2 Å². The summed E-state index contributed by atoms with van der Waals surface area (Å²) in [7, 11) is 1.55. The second kappa shape index (κ2) is 9.09. The van der Waals surface area contributed by atoms with Crippen LogP contribution in [0.3, 0.4) is 0 Å². The lowest BCUT2D eigenvalue weighted by Gasteiger charge is -2.23. The van der Waals surface area contributed by atoms with E-state index < -0.39 is 18.2 Å². The molecular formula is C20H19Cl2NO4S. The van der Waals surface area contributed by atoms with E-state index in [2.05, 4.69) is 5.32 Å². The number of hydrogen-bond acceptors (Lipinski definition) is 5. The van der Waals surface area contributed by atoms with Gasteiger partial charge in [0.1, 0.15) is 22.9 Å². The quantitative estimate of drug-likeness (QED) is 0.511. The van der Waals surface area contributed by atoms with Gasteiger partial charge in [-0.25, -0.2) is 0 Å². The molecule has 3 rings (SSSR count). The van der Waals surface area contributed by atoms with Crippen LogP contribution in [0.5, 0.6) is 5.75 Å². The summed E-state index contributed by atoms with van der Waals surface area (Å²) in [4.78, 5) is 12.4. The second-order valence-corrected chi connectivity index (χ2v) is 7.35. The summed E-state index contributed by atoms with van der Waals surface area (Å²) in [6, 6.07) is 10.8. The maximum absolute atomic E-state index is 12.0. The first-order chi connectivity index (χ1) is 13.4. The van der Waals surface area contributed by atoms with E-state index in [9.17, 15) is 4.79 Å². The number of ether oxygens (including phenoxy) is 3. The van der Waals surface area contributed by atoms with Gasteiger partial charge in [0.05, 0.1) is 25.2 Å². The second-order valence-electron chi connectivity index (χ2n) is 6.10. The minimum absolute atomic E-state index is 0.0144. The molecule has 0 spiro atoms. The molecule has 0 saturated carbocycles. The minimum atomic E-state index is -0.688. The molecule has 0 radical (unpaired) electrons. The third kappa shape index (κ3) is 4.41. The molecule has 1 aliphatic rings. The van der Waals surface area contributed by atoms with E-state index in [0.717, 1.165) is 11.3 Å². The number of esters is 1. The predicted octanol–water partition coefficient (Wildman–Crippen LogP) is 5.18. The lowest BCUT2D eigenvalue weighted by Crippen LogP contribution is -2.31. The SMILES string of the molecule is CCOC(=O)C[C@H]1O[C@H](c2cccc(OC)c2Cl)c2cc(Cl)ccc2NC1=S. The van der Waals surface area contributed by atoms with Crippen LogP contribution < -0.4 is 10.1 Å². The first-order valence-corrected chi connectivity index (χ1v) is 9.84. The van der Waals surface area contributed by atoms with Crippen LogP contribution in [0.1, 0.15) is 30.6 Å². The molecule has 1 N–H and O–H groups in total. The molecule has 2 atom stereocenters. The highest BCUT2D eigenvalue weighted by molar-refractivity contribution is 7.80. The maximum Gasteiger partial charge on any atom is 0.308 e. The smallest absolute Gasteiger partial charge is 0.308 e. The molecule has 5 nitrogen and oxygen atoms in total. The minimum Gasteiger partial charge on any atom is -0.495 e. The molecule has 0 amide bonds. The van der Waals surface area contributed by atoms with Crippen LogP contribution in [0.4, 0.5) is 5.69 Å². The van der Waals surface area contributed by atoms with Crippen LogP contribution >= 0.6 is 35.4 Å². The van der Waals surface area contributed by atoms with Gasteiger partial charge >= 0.3 is 5.97 Å². The Morgan fingerprint density at radius 2 is 2.04 bits per heavy atom. The maximum atomic E-state index is 12.0. The highest BCUT2D eigenvalue weighted by atomic mass is 35.5. The Morgan fingerprint density at radius 3 is 2.75 bits per heavy atom. The van der Waals surface area contributed by atoms with E-state index in [0.29, 0.717) is 26.3 Å². The first-order valence-electron chi connectivity index (χ1n) is 8.68. The van der Waals surface area contributed by atoms with Gasteiger partial charge in [-0.3, -0.25) is 4.79 Å². The average molecular weight is 440 g/mol. The molecule has 0 aromatic heterocycles. The van der Waals surface area contributed by atoms with Gasteiger partial charge < -0.3 is 19.5 Å². The molecule has 2 aromatic rings. The number of anilines is 1. The monoisotopic (exact) mass is 439 g/mol. The van der Waals surface area contributed by atoms with E-state index in [1.165, 1.54) is 0 Å². The first kappa shape index (κ1) is 20.9. The van der Waals surface area contributed by atoms with Crippen molar-refractivity contribution in [1.29, 1.82) is 0 Å². The number of benzene rings is 2. The van der Waals surface area contributed by atoms with Gasteiger partial charge in [-0.05, 0) is 31.2 Å². The highest BCUT2D eigenvalue weighted by Gasteiger charge is 2.33. The summed E-state index contributed by atoms with van der Waals surface area (Å²) in [5, 5.41) is 4.13. The topological polar surface area (TPSA) is 56.8 Å². The molecule has 0 aliphatic carbocycles. The van der Waals surface area contributed by atoms with Crippen molar-refractivity contribution in [3.05, 3.63) is 57.6 Å². The van der Waals surface area contributed by atoms with Crippen molar-refractivity contribution in [2.75, 3.05) is 19.0 Å². The third-order valence-electron chi connectivity index (χ3n) is 4.30. The molecule has 1 heterocycles. The molecule has 2 aromatic carbocycles. The highest BCUT2D eigenvalue weighted by Crippen LogP contribution is 2.42. The van der Waals surface area contributed by atoms with Crippen LogP contribution in [0, 0.1) is 0 Å². The Morgan fingerprint density at radius 1 is 1.25 bits per heavy atom. The summed E-state index contributed by atoms with van der Waals surface area (Å²) in [6.07, 6.45) is -1.31. The Bertz CT molecular complexity index is 906. The fourth-order valence-corrected chi connectivity index (χ4v) is 3.75. The summed E-state index contributed by atoms with van der Waals surface area (Å²) >= 11 is 18.3. The van der Waals surface area contributed by atoms with Crippen LogP contribution in [-0.4, -0.2) is 30.8 Å². The van der Waals surface area contributed by atoms with Crippen molar-refractivity contribution in [3.63, 3.8) is 0 Å². The Balaban J connectivity index is 2.08. The lowest BCUT2D eigenvalue weighted by atomic mass is 9.99. The van der Waals surface area contributed by atoms with Crippen molar-refractivity contribution in [2.45, 2.75) is 25.6 Å².